The molecule has 0 spiro atoms. The number of likely N-dealkylation sites (N-methyl/N-ethyl adjacent to an activating group) is 1. The lowest BCUT2D eigenvalue weighted by molar-refractivity contribution is -0.122. The van der Waals surface area contributed by atoms with Gasteiger partial charge in [-0.15, -0.1) is 0 Å². The van der Waals surface area contributed by atoms with Crippen LogP contribution in [0, 0.1) is 0 Å². The summed E-state index contributed by atoms with van der Waals surface area (Å²) in [5.41, 5.74) is 2.23. The maximum absolute atomic E-state index is 12.5. The summed E-state index contributed by atoms with van der Waals surface area (Å²) in [4.78, 5) is 14.6. The lowest BCUT2D eigenvalue weighted by Gasteiger charge is -2.27. The number of nitrogens with one attached hydrogen (secondary N) is 1. The first-order chi connectivity index (χ1) is 11.4. The highest BCUT2D eigenvalue weighted by molar-refractivity contribution is 5.77. The van der Waals surface area contributed by atoms with Crippen molar-refractivity contribution in [2.45, 2.75) is 31.7 Å². The Morgan fingerprint density at radius 1 is 1.00 bits per heavy atom. The van der Waals surface area contributed by atoms with Gasteiger partial charge in [-0.3, -0.25) is 4.79 Å². The van der Waals surface area contributed by atoms with E-state index >= 15 is 0 Å². The van der Waals surface area contributed by atoms with E-state index in [9.17, 15) is 4.79 Å². The fourth-order valence-corrected chi connectivity index (χ4v) is 2.94. The van der Waals surface area contributed by atoms with E-state index in [2.05, 4.69) is 48.3 Å². The maximum Gasteiger partial charge on any atom is 0.220 e. The Labute approximate surface area is 145 Å². The van der Waals surface area contributed by atoms with Gasteiger partial charge in [-0.25, -0.2) is 0 Å². The molecule has 0 aliphatic rings. The van der Waals surface area contributed by atoms with Crippen molar-refractivity contribution in [1.29, 1.82) is 0 Å². The predicted molar refractivity (Wildman–Crippen MR) is 100.0 cm³/mol. The van der Waals surface area contributed by atoms with Gasteiger partial charge in [0.2, 0.25) is 5.91 Å². The summed E-state index contributed by atoms with van der Waals surface area (Å²) in [7, 11) is 4.08. The van der Waals surface area contributed by atoms with Crippen molar-refractivity contribution in [3.63, 3.8) is 0 Å². The van der Waals surface area contributed by atoms with Crippen LogP contribution >= 0.6 is 0 Å². The van der Waals surface area contributed by atoms with E-state index in [0.717, 1.165) is 0 Å². The largest absolute Gasteiger partial charge is 0.354 e. The molecule has 3 heteroatoms. The van der Waals surface area contributed by atoms with Gasteiger partial charge < -0.3 is 10.2 Å². The van der Waals surface area contributed by atoms with Crippen molar-refractivity contribution in [2.75, 3.05) is 20.6 Å². The van der Waals surface area contributed by atoms with E-state index in [1.165, 1.54) is 11.1 Å². The van der Waals surface area contributed by atoms with Crippen LogP contribution in [0.3, 0.4) is 0 Å². The summed E-state index contributed by atoms with van der Waals surface area (Å²) in [5.74, 6) is 0.0895. The van der Waals surface area contributed by atoms with Crippen LogP contribution < -0.4 is 5.32 Å². The third-order valence-corrected chi connectivity index (χ3v) is 4.46. The van der Waals surface area contributed by atoms with Gasteiger partial charge in [-0.05, 0) is 30.6 Å². The molecule has 2 aromatic rings. The minimum Gasteiger partial charge on any atom is -0.354 e. The van der Waals surface area contributed by atoms with Crippen LogP contribution in [0.25, 0.3) is 0 Å². The van der Waals surface area contributed by atoms with E-state index < -0.39 is 0 Å². The zero-order chi connectivity index (χ0) is 17.6. The highest BCUT2D eigenvalue weighted by Gasteiger charge is 2.24. The van der Waals surface area contributed by atoms with Crippen molar-refractivity contribution in [2.24, 2.45) is 0 Å². The second kappa shape index (κ2) is 8.11. The Hall–Kier alpha value is -2.13. The normalized spacial score (nSPS) is 12.9. The zero-order valence-corrected chi connectivity index (χ0v) is 15.1. The molecule has 0 fully saturated rings. The van der Waals surface area contributed by atoms with Crippen LogP contribution in [-0.2, 0) is 10.2 Å². The molecule has 1 amide bonds. The summed E-state index contributed by atoms with van der Waals surface area (Å²) in [6.45, 7) is 4.84. The van der Waals surface area contributed by atoms with Gasteiger partial charge in [-0.2, -0.15) is 0 Å². The Balaban J connectivity index is 1.96. The Kier molecular flexibility index (Phi) is 6.16. The lowest BCUT2D eigenvalue weighted by Crippen LogP contribution is -2.37. The molecule has 1 unspecified atom stereocenters. The molecule has 3 nitrogen and oxygen atoms in total. The molecule has 2 aromatic carbocycles. The molecule has 0 radical (unpaired) electrons. The van der Waals surface area contributed by atoms with Crippen LogP contribution in [0.15, 0.2) is 60.7 Å². The summed E-state index contributed by atoms with van der Waals surface area (Å²) in [5, 5.41) is 3.11. The monoisotopic (exact) mass is 324 g/mol. The first-order valence-electron chi connectivity index (χ1n) is 8.44. The minimum atomic E-state index is -0.175. The van der Waals surface area contributed by atoms with Gasteiger partial charge in [0.25, 0.3) is 0 Å². The second-order valence-corrected chi connectivity index (χ2v) is 7.12. The molecule has 1 atom stereocenters. The van der Waals surface area contributed by atoms with Gasteiger partial charge in [0.15, 0.2) is 0 Å². The number of amides is 1. The second-order valence-electron chi connectivity index (χ2n) is 7.12. The van der Waals surface area contributed by atoms with Gasteiger partial charge >= 0.3 is 0 Å². The number of rotatable bonds is 7. The number of hydrogen-bond acceptors (Lipinski definition) is 2. The molecule has 0 aliphatic heterocycles. The smallest absolute Gasteiger partial charge is 0.220 e. The van der Waals surface area contributed by atoms with Crippen molar-refractivity contribution < 1.29 is 4.79 Å². The quantitative estimate of drug-likeness (QED) is 0.841. The fraction of sp³-hybridized carbons (Fsp3) is 0.381. The molecule has 0 bridgehead atoms. The molecule has 2 rings (SSSR count). The van der Waals surface area contributed by atoms with Crippen LogP contribution in [0.4, 0.5) is 0 Å². The first kappa shape index (κ1) is 18.2. The summed E-state index contributed by atoms with van der Waals surface area (Å²) in [6, 6.07) is 20.7. The Morgan fingerprint density at radius 3 is 2.08 bits per heavy atom. The maximum atomic E-state index is 12.5. The zero-order valence-electron chi connectivity index (χ0n) is 15.1. The predicted octanol–water partition coefficient (Wildman–Crippen LogP) is 3.77. The standard InChI is InChI=1S/C21H28N2O/c1-21(2,18-13-9-6-10-14-18)15-20(24)22-16-19(23(3)4)17-11-7-5-8-12-17/h5-14,19H,15-16H2,1-4H3,(H,22,24). The lowest BCUT2D eigenvalue weighted by atomic mass is 9.81. The van der Waals surface area contributed by atoms with Crippen LogP contribution in [-0.4, -0.2) is 31.4 Å². The van der Waals surface area contributed by atoms with Gasteiger partial charge in [-0.1, -0.05) is 74.5 Å². The molecule has 24 heavy (non-hydrogen) atoms. The van der Waals surface area contributed by atoms with Crippen molar-refractivity contribution in [1.82, 2.24) is 10.2 Å². The molecule has 128 valence electrons. The van der Waals surface area contributed by atoms with Crippen molar-refractivity contribution in [3.8, 4) is 0 Å². The number of nitrogens with zero attached hydrogens (tertiary/aromatic N) is 1. The Bertz CT molecular complexity index is 635. The molecule has 0 saturated heterocycles. The highest BCUT2D eigenvalue weighted by atomic mass is 16.1. The molecule has 1 N–H and O–H groups in total. The summed E-state index contributed by atoms with van der Waals surface area (Å²) in [6.07, 6.45) is 0.478. The molecule has 0 aliphatic carbocycles. The van der Waals surface area contributed by atoms with E-state index in [4.69, 9.17) is 0 Å². The number of carbonyl (C=O) groups is 1. The van der Waals surface area contributed by atoms with Gasteiger partial charge in [0, 0.05) is 13.0 Å². The van der Waals surface area contributed by atoms with E-state index in [1.807, 2.05) is 50.5 Å². The van der Waals surface area contributed by atoms with Gasteiger partial charge in [0.05, 0.1) is 6.04 Å². The number of benzene rings is 2. The van der Waals surface area contributed by atoms with E-state index in [1.54, 1.807) is 0 Å². The molecule has 0 aromatic heterocycles. The average molecular weight is 324 g/mol. The third-order valence-electron chi connectivity index (χ3n) is 4.46. The first-order valence-corrected chi connectivity index (χ1v) is 8.44. The van der Waals surface area contributed by atoms with Crippen molar-refractivity contribution in [3.05, 3.63) is 71.8 Å². The van der Waals surface area contributed by atoms with Crippen LogP contribution in [0.2, 0.25) is 0 Å². The Morgan fingerprint density at radius 2 is 1.54 bits per heavy atom. The molecular formula is C21H28N2O. The highest BCUT2D eigenvalue weighted by Crippen LogP contribution is 2.26. The SMILES string of the molecule is CN(C)C(CNC(=O)CC(C)(C)c1ccccc1)c1ccccc1. The van der Waals surface area contributed by atoms with Crippen molar-refractivity contribution >= 4 is 5.91 Å². The number of hydrogen-bond donors (Lipinski definition) is 1. The third kappa shape index (κ3) is 4.93. The fourth-order valence-electron chi connectivity index (χ4n) is 2.94. The van der Waals surface area contributed by atoms with Crippen LogP contribution in [0.1, 0.15) is 37.4 Å². The molecule has 0 saturated carbocycles. The molecular weight excluding hydrogens is 296 g/mol. The summed E-state index contributed by atoms with van der Waals surface area (Å²) < 4.78 is 0. The topological polar surface area (TPSA) is 32.3 Å². The van der Waals surface area contributed by atoms with E-state index in [0.29, 0.717) is 13.0 Å². The average Bonchev–Trinajstić information content (AvgIpc) is 2.56. The van der Waals surface area contributed by atoms with E-state index in [-0.39, 0.29) is 17.4 Å². The van der Waals surface area contributed by atoms with Crippen LogP contribution in [0.5, 0.6) is 0 Å². The minimum absolute atomic E-state index is 0.0895. The molecule has 0 heterocycles. The number of carbonyl (C=O) groups excluding carboxylic acids is 1. The van der Waals surface area contributed by atoms with Gasteiger partial charge in [0.1, 0.15) is 0 Å². The summed E-state index contributed by atoms with van der Waals surface area (Å²) >= 11 is 0.